The van der Waals surface area contributed by atoms with Crippen LogP contribution in [0.4, 0.5) is 4.39 Å². The second-order valence-corrected chi connectivity index (χ2v) is 9.35. The Hall–Kier alpha value is -2.01. The molecule has 4 unspecified atom stereocenters. The molecule has 152 valence electrons. The van der Waals surface area contributed by atoms with Crippen molar-refractivity contribution in [2.45, 2.75) is 51.9 Å². The molecular formula is C25H27FO2S. The summed E-state index contributed by atoms with van der Waals surface area (Å²) in [4.78, 5) is 2.44. The molecule has 1 aliphatic heterocycles. The molecule has 1 fully saturated rings. The van der Waals surface area contributed by atoms with Crippen molar-refractivity contribution >= 4 is 11.3 Å². The maximum absolute atomic E-state index is 13.2. The van der Waals surface area contributed by atoms with Gasteiger partial charge in [0.1, 0.15) is 5.82 Å². The Morgan fingerprint density at radius 2 is 1.83 bits per heavy atom. The van der Waals surface area contributed by atoms with Crippen molar-refractivity contribution in [1.82, 2.24) is 0 Å². The number of rotatable bonds is 4. The Bertz CT molecular complexity index is 979. The molecule has 0 amide bonds. The van der Waals surface area contributed by atoms with Crippen LogP contribution in [0.2, 0.25) is 0 Å². The minimum Gasteiger partial charge on any atom is -0.390 e. The van der Waals surface area contributed by atoms with E-state index >= 15 is 0 Å². The van der Waals surface area contributed by atoms with Crippen LogP contribution in [0.15, 0.2) is 54.6 Å². The lowest BCUT2D eigenvalue weighted by Gasteiger charge is -2.37. The number of benzene rings is 2. The van der Waals surface area contributed by atoms with Crippen molar-refractivity contribution in [1.29, 1.82) is 0 Å². The van der Waals surface area contributed by atoms with Gasteiger partial charge in [-0.25, -0.2) is 4.39 Å². The fourth-order valence-electron chi connectivity index (χ4n) is 4.05. The molecule has 1 aliphatic rings. The first-order valence-electron chi connectivity index (χ1n) is 10.2. The van der Waals surface area contributed by atoms with Gasteiger partial charge in [0.25, 0.3) is 0 Å². The van der Waals surface area contributed by atoms with Gasteiger partial charge in [-0.15, -0.1) is 11.3 Å². The number of halogens is 1. The lowest BCUT2D eigenvalue weighted by Crippen LogP contribution is -2.37. The average molecular weight is 411 g/mol. The van der Waals surface area contributed by atoms with Crippen LogP contribution >= 0.6 is 11.3 Å². The average Bonchev–Trinajstić information content (AvgIpc) is 3.16. The zero-order chi connectivity index (χ0) is 20.5. The van der Waals surface area contributed by atoms with Crippen molar-refractivity contribution in [3.05, 3.63) is 82.0 Å². The van der Waals surface area contributed by atoms with Crippen LogP contribution in [0, 0.1) is 18.7 Å². The Kier molecular flexibility index (Phi) is 5.86. The van der Waals surface area contributed by atoms with E-state index in [9.17, 15) is 9.50 Å². The molecule has 0 radical (unpaired) electrons. The summed E-state index contributed by atoms with van der Waals surface area (Å²) in [5, 5.41) is 10.1. The van der Waals surface area contributed by atoms with Gasteiger partial charge in [0, 0.05) is 16.2 Å². The van der Waals surface area contributed by atoms with Crippen LogP contribution in [0.25, 0.3) is 10.4 Å². The summed E-state index contributed by atoms with van der Waals surface area (Å²) in [6.45, 7) is 6.24. The fourth-order valence-corrected chi connectivity index (χ4v) is 5.08. The molecule has 1 saturated heterocycles. The molecule has 4 heteroatoms. The molecule has 0 bridgehead atoms. The topological polar surface area (TPSA) is 29.5 Å². The molecule has 4 atom stereocenters. The zero-order valence-electron chi connectivity index (χ0n) is 17.1. The number of hydrogen-bond donors (Lipinski definition) is 1. The molecule has 1 N–H and O–H groups in total. The third kappa shape index (κ3) is 4.45. The Morgan fingerprint density at radius 1 is 1.07 bits per heavy atom. The first kappa shape index (κ1) is 20.3. The van der Waals surface area contributed by atoms with Gasteiger partial charge >= 0.3 is 0 Å². The molecule has 29 heavy (non-hydrogen) atoms. The Balaban J connectivity index is 1.55. The number of aliphatic hydroxyl groups excluding tert-OH is 1. The van der Waals surface area contributed by atoms with E-state index in [1.165, 1.54) is 33.7 Å². The van der Waals surface area contributed by atoms with Crippen molar-refractivity contribution in [2.75, 3.05) is 0 Å². The maximum atomic E-state index is 13.2. The summed E-state index contributed by atoms with van der Waals surface area (Å²) in [5.74, 6) is 0.0718. The Labute approximate surface area is 176 Å². The second-order valence-electron chi connectivity index (χ2n) is 8.18. The van der Waals surface area contributed by atoms with E-state index in [0.29, 0.717) is 0 Å². The molecule has 0 saturated carbocycles. The molecule has 2 nitrogen and oxygen atoms in total. The van der Waals surface area contributed by atoms with Crippen molar-refractivity contribution in [3.63, 3.8) is 0 Å². The summed E-state index contributed by atoms with van der Waals surface area (Å²) in [5.41, 5.74) is 4.80. The van der Waals surface area contributed by atoms with E-state index < -0.39 is 0 Å². The van der Waals surface area contributed by atoms with Gasteiger partial charge in [0.05, 0.1) is 18.3 Å². The second kappa shape index (κ2) is 8.39. The van der Waals surface area contributed by atoms with Crippen molar-refractivity contribution < 1.29 is 14.2 Å². The van der Waals surface area contributed by atoms with Crippen LogP contribution in [0.3, 0.4) is 0 Å². The molecule has 0 spiro atoms. The first-order valence-corrected chi connectivity index (χ1v) is 11.0. The number of ether oxygens (including phenoxy) is 1. The number of aliphatic hydroxyl groups is 1. The van der Waals surface area contributed by atoms with Gasteiger partial charge < -0.3 is 9.84 Å². The number of hydrogen-bond acceptors (Lipinski definition) is 3. The van der Waals surface area contributed by atoms with Gasteiger partial charge in [0.15, 0.2) is 0 Å². The van der Waals surface area contributed by atoms with Gasteiger partial charge in [-0.1, -0.05) is 37.3 Å². The molecule has 4 rings (SSSR count). The normalized spacial score (nSPS) is 24.6. The third-order valence-electron chi connectivity index (χ3n) is 5.89. The van der Waals surface area contributed by atoms with E-state index in [2.05, 4.69) is 44.2 Å². The predicted octanol–water partition coefficient (Wildman–Crippen LogP) is 6.30. The van der Waals surface area contributed by atoms with E-state index in [-0.39, 0.29) is 30.0 Å². The summed E-state index contributed by atoms with van der Waals surface area (Å²) in [7, 11) is 0. The standard InChI is InChI=1S/C25H27FO2S/c1-15-4-5-19(25-16(2)12-23(27)17(3)28-25)13-20(15)14-22-10-11-24(29-22)18-6-8-21(26)9-7-18/h4-11,13,16-17,23,25,27H,12,14H2,1-3H3. The van der Waals surface area contributed by atoms with Crippen LogP contribution in [0.1, 0.15) is 47.9 Å². The quantitative estimate of drug-likeness (QED) is 0.547. The highest BCUT2D eigenvalue weighted by atomic mass is 32.1. The van der Waals surface area contributed by atoms with Crippen LogP contribution < -0.4 is 0 Å². The van der Waals surface area contributed by atoms with E-state index in [0.717, 1.165) is 23.3 Å². The van der Waals surface area contributed by atoms with E-state index in [1.54, 1.807) is 11.3 Å². The van der Waals surface area contributed by atoms with Gasteiger partial charge in [-0.2, -0.15) is 0 Å². The number of aryl methyl sites for hydroxylation is 1. The van der Waals surface area contributed by atoms with Gasteiger partial charge in [-0.3, -0.25) is 0 Å². The molecule has 2 aromatic carbocycles. The van der Waals surface area contributed by atoms with Crippen LogP contribution in [-0.4, -0.2) is 17.3 Å². The van der Waals surface area contributed by atoms with Crippen molar-refractivity contribution in [2.24, 2.45) is 5.92 Å². The molecule has 3 aromatic rings. The summed E-state index contributed by atoms with van der Waals surface area (Å²) in [6.07, 6.45) is 1.12. The molecular weight excluding hydrogens is 383 g/mol. The van der Waals surface area contributed by atoms with Gasteiger partial charge in [0.2, 0.25) is 0 Å². The number of thiophene rings is 1. The molecule has 0 aliphatic carbocycles. The molecule has 2 heterocycles. The fraction of sp³-hybridized carbons (Fsp3) is 0.360. The molecule has 1 aromatic heterocycles. The smallest absolute Gasteiger partial charge is 0.123 e. The maximum Gasteiger partial charge on any atom is 0.123 e. The lowest BCUT2D eigenvalue weighted by molar-refractivity contribution is -0.135. The SMILES string of the molecule is Cc1ccc(C2OC(C)C(O)CC2C)cc1Cc1ccc(-c2ccc(F)cc2)s1. The zero-order valence-corrected chi connectivity index (χ0v) is 17.9. The summed E-state index contributed by atoms with van der Waals surface area (Å²) in [6, 6.07) is 17.5. The van der Waals surface area contributed by atoms with Gasteiger partial charge in [-0.05, 0) is 72.7 Å². The van der Waals surface area contributed by atoms with Crippen molar-refractivity contribution in [3.8, 4) is 10.4 Å². The van der Waals surface area contributed by atoms with E-state index in [4.69, 9.17) is 4.74 Å². The minimum absolute atomic E-state index is 0.0193. The first-order chi connectivity index (χ1) is 13.9. The van der Waals surface area contributed by atoms with Crippen LogP contribution in [-0.2, 0) is 11.2 Å². The lowest BCUT2D eigenvalue weighted by atomic mass is 9.86. The largest absolute Gasteiger partial charge is 0.390 e. The monoisotopic (exact) mass is 410 g/mol. The minimum atomic E-state index is -0.387. The highest BCUT2D eigenvalue weighted by Crippen LogP contribution is 2.37. The summed E-state index contributed by atoms with van der Waals surface area (Å²) < 4.78 is 19.3. The Morgan fingerprint density at radius 3 is 2.59 bits per heavy atom. The highest BCUT2D eigenvalue weighted by molar-refractivity contribution is 7.15. The highest BCUT2D eigenvalue weighted by Gasteiger charge is 2.33. The predicted molar refractivity (Wildman–Crippen MR) is 117 cm³/mol. The third-order valence-corrected chi connectivity index (χ3v) is 7.02. The van der Waals surface area contributed by atoms with E-state index in [1.807, 2.05) is 19.1 Å². The summed E-state index contributed by atoms with van der Waals surface area (Å²) >= 11 is 1.75. The van der Waals surface area contributed by atoms with Crippen LogP contribution in [0.5, 0.6) is 0 Å².